The molecule has 0 spiro atoms. The van der Waals surface area contributed by atoms with E-state index >= 15 is 0 Å². The highest BCUT2D eigenvalue weighted by Crippen LogP contribution is 2.36. The minimum absolute atomic E-state index is 0.0835. The van der Waals surface area contributed by atoms with Crippen LogP contribution in [0.2, 0.25) is 5.02 Å². The largest absolute Gasteiger partial charge is 0.487 e. The molecule has 0 unspecified atom stereocenters. The van der Waals surface area contributed by atoms with Gasteiger partial charge in [0, 0.05) is 23.7 Å². The molecule has 0 aliphatic rings. The molecule has 174 valence electrons. The van der Waals surface area contributed by atoms with Gasteiger partial charge in [0.15, 0.2) is 0 Å². The molecule has 1 heterocycles. The summed E-state index contributed by atoms with van der Waals surface area (Å²) in [6.45, 7) is 1.50. The van der Waals surface area contributed by atoms with E-state index in [1.807, 2.05) is 0 Å². The van der Waals surface area contributed by atoms with Gasteiger partial charge in [0.1, 0.15) is 18.2 Å². The second-order valence-electron chi connectivity index (χ2n) is 7.15. The van der Waals surface area contributed by atoms with Gasteiger partial charge in [0.2, 0.25) is 5.91 Å². The first-order valence-corrected chi connectivity index (χ1v) is 10.5. The maximum atomic E-state index is 13.3. The van der Waals surface area contributed by atoms with Gasteiger partial charge in [-0.25, -0.2) is 9.18 Å². The van der Waals surface area contributed by atoms with Crippen molar-refractivity contribution in [2.75, 3.05) is 12.0 Å². The Hall–Kier alpha value is -4.11. The number of amides is 1. The third-order valence-corrected chi connectivity index (χ3v) is 5.09. The van der Waals surface area contributed by atoms with Gasteiger partial charge in [-0.2, -0.15) is 4.68 Å². The molecule has 0 radical (unpaired) electrons. The minimum atomic E-state index is -0.754. The Kier molecular flexibility index (Phi) is 6.65. The molecule has 0 saturated carbocycles. The van der Waals surface area contributed by atoms with Crippen LogP contribution in [0.5, 0.6) is 11.8 Å². The molecule has 1 amide bonds. The fourth-order valence-electron chi connectivity index (χ4n) is 3.26. The monoisotopic (exact) mass is 483 g/mol. The molecule has 0 saturated heterocycles. The average Bonchev–Trinajstić information content (AvgIpc) is 3.21. The van der Waals surface area contributed by atoms with E-state index in [-0.39, 0.29) is 30.2 Å². The van der Waals surface area contributed by atoms with Crippen LogP contribution in [-0.4, -0.2) is 22.8 Å². The van der Waals surface area contributed by atoms with Crippen LogP contribution in [-0.2, 0) is 11.4 Å². The maximum Gasteiger partial charge on any atom is 0.444 e. The van der Waals surface area contributed by atoms with Crippen molar-refractivity contribution < 1.29 is 23.1 Å². The zero-order valence-electron chi connectivity index (χ0n) is 18.2. The predicted octanol–water partition coefficient (Wildman–Crippen LogP) is 4.89. The molecule has 10 heteroatoms. The molecule has 0 bridgehead atoms. The number of aromatic nitrogens is 2. The standard InChI is InChI=1S/C24H19ClFN3O5/c1-15(30)28(19-9-5-17(25)6-10-19)21-12-11-20(29-24(31)34-23(27-29)32-2)13-22(21)33-14-16-3-7-18(26)8-4-16/h3-13H,14H2,1-2H3. The molecular weight excluding hydrogens is 465 g/mol. The normalized spacial score (nSPS) is 10.7. The SMILES string of the molecule is COc1nn(-c2ccc(N(C(C)=O)c3ccc(Cl)cc3)c(OCc3ccc(F)cc3)c2)c(=O)o1. The molecule has 1 aromatic heterocycles. The van der Waals surface area contributed by atoms with Crippen LogP contribution >= 0.6 is 11.6 Å². The van der Waals surface area contributed by atoms with E-state index in [0.717, 1.165) is 4.68 Å². The van der Waals surface area contributed by atoms with Crippen molar-refractivity contribution >= 4 is 28.9 Å². The number of hydrogen-bond donors (Lipinski definition) is 0. The number of anilines is 2. The van der Waals surface area contributed by atoms with E-state index in [2.05, 4.69) is 5.10 Å². The first-order chi connectivity index (χ1) is 16.4. The lowest BCUT2D eigenvalue weighted by Gasteiger charge is -2.24. The number of carbonyl (C=O) groups excluding carboxylic acids is 1. The highest BCUT2D eigenvalue weighted by atomic mass is 35.5. The van der Waals surface area contributed by atoms with Gasteiger partial charge in [-0.1, -0.05) is 28.8 Å². The van der Waals surface area contributed by atoms with E-state index in [9.17, 15) is 14.0 Å². The smallest absolute Gasteiger partial charge is 0.444 e. The Labute approximate surface area is 198 Å². The summed E-state index contributed by atoms with van der Waals surface area (Å²) in [4.78, 5) is 26.3. The summed E-state index contributed by atoms with van der Waals surface area (Å²) in [6, 6.07) is 17.3. The van der Waals surface area contributed by atoms with Gasteiger partial charge >= 0.3 is 11.8 Å². The lowest BCUT2D eigenvalue weighted by Crippen LogP contribution is -2.23. The van der Waals surface area contributed by atoms with Crippen LogP contribution in [0.4, 0.5) is 15.8 Å². The van der Waals surface area contributed by atoms with E-state index in [0.29, 0.717) is 27.6 Å². The summed E-state index contributed by atoms with van der Waals surface area (Å²) >= 11 is 6.01. The Morgan fingerprint density at radius 2 is 1.82 bits per heavy atom. The summed E-state index contributed by atoms with van der Waals surface area (Å²) < 4.78 is 30.1. The molecule has 0 atom stereocenters. The molecule has 4 aromatic rings. The molecule has 4 rings (SSSR count). The van der Waals surface area contributed by atoms with Crippen molar-refractivity contribution in [3.05, 3.63) is 93.7 Å². The second-order valence-corrected chi connectivity index (χ2v) is 7.58. The third kappa shape index (κ3) is 4.94. The van der Waals surface area contributed by atoms with E-state index in [4.69, 9.17) is 25.5 Å². The Morgan fingerprint density at radius 1 is 1.12 bits per heavy atom. The molecule has 0 fully saturated rings. The maximum absolute atomic E-state index is 13.3. The Morgan fingerprint density at radius 3 is 2.44 bits per heavy atom. The first-order valence-electron chi connectivity index (χ1n) is 10.1. The van der Waals surface area contributed by atoms with Crippen molar-refractivity contribution in [3.8, 4) is 17.5 Å². The van der Waals surface area contributed by atoms with Crippen molar-refractivity contribution in [2.45, 2.75) is 13.5 Å². The van der Waals surface area contributed by atoms with Crippen molar-refractivity contribution in [3.63, 3.8) is 0 Å². The highest BCUT2D eigenvalue weighted by molar-refractivity contribution is 6.30. The lowest BCUT2D eigenvalue weighted by atomic mass is 10.2. The summed E-state index contributed by atoms with van der Waals surface area (Å²) in [5.74, 6) is -1.12. The number of nitrogens with zero attached hydrogens (tertiary/aromatic N) is 3. The predicted molar refractivity (Wildman–Crippen MR) is 124 cm³/mol. The van der Waals surface area contributed by atoms with Gasteiger partial charge in [-0.3, -0.25) is 9.69 Å². The number of hydrogen-bond acceptors (Lipinski definition) is 6. The van der Waals surface area contributed by atoms with Gasteiger partial charge in [-0.05, 0) is 54.1 Å². The molecule has 34 heavy (non-hydrogen) atoms. The van der Waals surface area contributed by atoms with Gasteiger partial charge < -0.3 is 13.9 Å². The lowest BCUT2D eigenvalue weighted by molar-refractivity contribution is -0.115. The van der Waals surface area contributed by atoms with E-state index in [1.165, 1.54) is 31.1 Å². The fourth-order valence-corrected chi connectivity index (χ4v) is 3.39. The molecule has 8 nitrogen and oxygen atoms in total. The number of carbonyl (C=O) groups is 1. The number of halogens is 2. The summed E-state index contributed by atoms with van der Waals surface area (Å²) in [6.07, 6.45) is -0.200. The van der Waals surface area contributed by atoms with Crippen molar-refractivity contribution in [1.29, 1.82) is 0 Å². The molecule has 3 aromatic carbocycles. The topological polar surface area (TPSA) is 86.8 Å². The van der Waals surface area contributed by atoms with E-state index in [1.54, 1.807) is 54.6 Å². The Bertz CT molecular complexity index is 1370. The quantitative estimate of drug-likeness (QED) is 0.372. The highest BCUT2D eigenvalue weighted by Gasteiger charge is 2.21. The second kappa shape index (κ2) is 9.80. The number of rotatable bonds is 7. The molecular formula is C24H19ClFN3O5. The number of methoxy groups -OCH3 is 1. The fraction of sp³-hybridized carbons (Fsp3) is 0.125. The van der Waals surface area contributed by atoms with Gasteiger partial charge in [0.05, 0.1) is 18.5 Å². The van der Waals surface area contributed by atoms with Crippen molar-refractivity contribution in [2.24, 2.45) is 0 Å². The van der Waals surface area contributed by atoms with Crippen LogP contribution in [0, 0.1) is 5.82 Å². The summed E-state index contributed by atoms with van der Waals surface area (Å²) in [5, 5.41) is 4.49. The third-order valence-electron chi connectivity index (χ3n) is 4.84. The zero-order chi connectivity index (χ0) is 24.2. The van der Waals surface area contributed by atoms with Crippen LogP contribution < -0.4 is 20.1 Å². The average molecular weight is 484 g/mol. The summed E-state index contributed by atoms with van der Waals surface area (Å²) in [5.41, 5.74) is 2.02. The number of ether oxygens (including phenoxy) is 2. The Balaban J connectivity index is 1.79. The van der Waals surface area contributed by atoms with Crippen LogP contribution in [0.15, 0.2) is 75.9 Å². The molecule has 0 N–H and O–H groups in total. The van der Waals surface area contributed by atoms with Crippen molar-refractivity contribution in [1.82, 2.24) is 9.78 Å². The van der Waals surface area contributed by atoms with E-state index < -0.39 is 5.76 Å². The minimum Gasteiger partial charge on any atom is -0.487 e. The number of benzene rings is 3. The molecule has 0 aliphatic carbocycles. The van der Waals surface area contributed by atoms with Gasteiger partial charge in [0.25, 0.3) is 0 Å². The summed E-state index contributed by atoms with van der Waals surface area (Å²) in [7, 11) is 1.33. The van der Waals surface area contributed by atoms with Crippen LogP contribution in [0.3, 0.4) is 0 Å². The zero-order valence-corrected chi connectivity index (χ0v) is 19.0. The van der Waals surface area contributed by atoms with Gasteiger partial charge in [-0.15, -0.1) is 0 Å². The molecule has 0 aliphatic heterocycles. The van der Waals surface area contributed by atoms with Crippen LogP contribution in [0.25, 0.3) is 5.69 Å². The first kappa shape index (κ1) is 23.1. The van der Waals surface area contributed by atoms with Crippen LogP contribution in [0.1, 0.15) is 12.5 Å².